The van der Waals surface area contributed by atoms with Crippen LogP contribution in [0.4, 0.5) is 4.39 Å². The molecule has 0 aliphatic carbocycles. The van der Waals surface area contributed by atoms with Gasteiger partial charge in [-0.3, -0.25) is 19.7 Å². The van der Waals surface area contributed by atoms with Crippen molar-refractivity contribution in [2.45, 2.75) is 19.5 Å². The minimum Gasteiger partial charge on any atom is -0.496 e. The zero-order valence-corrected chi connectivity index (χ0v) is 20.0. The van der Waals surface area contributed by atoms with E-state index in [0.29, 0.717) is 42.4 Å². The highest BCUT2D eigenvalue weighted by molar-refractivity contribution is 6.17. The minimum absolute atomic E-state index is 0.214. The van der Waals surface area contributed by atoms with Crippen molar-refractivity contribution in [2.24, 2.45) is 0 Å². The number of para-hydroxylation sites is 1. The van der Waals surface area contributed by atoms with Crippen LogP contribution in [0.25, 0.3) is 10.9 Å². The normalized spacial score (nSPS) is 12.4. The predicted molar refractivity (Wildman–Crippen MR) is 133 cm³/mol. The molecule has 0 bridgehead atoms. The fraction of sp³-hybridized carbons (Fsp3) is 0.320. The maximum absolute atomic E-state index is 12.5. The molecule has 2 aromatic carbocycles. The van der Waals surface area contributed by atoms with Crippen molar-refractivity contribution in [1.29, 1.82) is 5.41 Å². The van der Waals surface area contributed by atoms with Crippen LogP contribution in [0.15, 0.2) is 54.7 Å². The molecule has 1 saturated heterocycles. The molecular formula is C25H32FN5O3. The SMILES string of the molecule is C=C(C)C(=N)c1ccc(CNC(=O)c2ccccc2OC)c2[nH]ncc12.CF.CNC1COC1. The molecule has 0 radical (unpaired) electrons. The number of methoxy groups -OCH3 is 1. The van der Waals surface area contributed by atoms with Gasteiger partial charge >= 0.3 is 0 Å². The van der Waals surface area contributed by atoms with E-state index < -0.39 is 0 Å². The molecule has 0 spiro atoms. The van der Waals surface area contributed by atoms with Gasteiger partial charge in [0.15, 0.2) is 0 Å². The number of hydrogen-bond acceptors (Lipinski definition) is 6. The highest BCUT2D eigenvalue weighted by Gasteiger charge is 2.15. The number of aromatic amines is 1. The van der Waals surface area contributed by atoms with Crippen molar-refractivity contribution in [2.75, 3.05) is 34.5 Å². The Morgan fingerprint density at radius 2 is 1.97 bits per heavy atom. The van der Waals surface area contributed by atoms with Gasteiger partial charge in [-0.1, -0.05) is 30.8 Å². The van der Waals surface area contributed by atoms with E-state index in [1.54, 1.807) is 31.3 Å². The summed E-state index contributed by atoms with van der Waals surface area (Å²) < 4.78 is 19.6. The molecule has 0 atom stereocenters. The number of halogens is 1. The lowest BCUT2D eigenvalue weighted by atomic mass is 9.99. The molecule has 1 amide bonds. The van der Waals surface area contributed by atoms with Gasteiger partial charge in [0.1, 0.15) is 5.75 Å². The van der Waals surface area contributed by atoms with Crippen molar-refractivity contribution >= 4 is 22.5 Å². The van der Waals surface area contributed by atoms with E-state index in [2.05, 4.69) is 27.4 Å². The zero-order valence-electron chi connectivity index (χ0n) is 20.0. The van der Waals surface area contributed by atoms with Crippen LogP contribution in [0, 0.1) is 5.41 Å². The van der Waals surface area contributed by atoms with Crippen LogP contribution < -0.4 is 15.4 Å². The second-order valence-electron chi connectivity index (χ2n) is 7.49. The summed E-state index contributed by atoms with van der Waals surface area (Å²) in [5.74, 6) is 0.316. The topological polar surface area (TPSA) is 112 Å². The number of amides is 1. The van der Waals surface area contributed by atoms with Crippen LogP contribution in [0.5, 0.6) is 5.75 Å². The molecule has 1 aromatic heterocycles. The Morgan fingerprint density at radius 3 is 2.53 bits per heavy atom. The summed E-state index contributed by atoms with van der Waals surface area (Å²) in [5, 5.41) is 22.0. The number of allylic oxidation sites excluding steroid dienone is 1. The summed E-state index contributed by atoms with van der Waals surface area (Å²) in [7, 11) is 3.99. The molecule has 0 saturated carbocycles. The number of alkyl halides is 1. The lowest BCUT2D eigenvalue weighted by molar-refractivity contribution is -0.00169. The Kier molecular flexibility index (Phi) is 10.4. The summed E-state index contributed by atoms with van der Waals surface area (Å²) in [4.78, 5) is 12.5. The van der Waals surface area contributed by atoms with Crippen molar-refractivity contribution in [3.8, 4) is 5.75 Å². The van der Waals surface area contributed by atoms with Crippen molar-refractivity contribution in [3.05, 3.63) is 71.4 Å². The number of carbonyl (C=O) groups excluding carboxylic acids is 1. The quantitative estimate of drug-likeness (QED) is 0.395. The van der Waals surface area contributed by atoms with E-state index in [-0.39, 0.29) is 5.91 Å². The van der Waals surface area contributed by atoms with E-state index in [0.717, 1.165) is 35.2 Å². The van der Waals surface area contributed by atoms with Crippen LogP contribution in [0.1, 0.15) is 28.4 Å². The number of benzene rings is 2. The monoisotopic (exact) mass is 469 g/mol. The third-order valence-corrected chi connectivity index (χ3v) is 5.24. The Bertz CT molecular complexity index is 1120. The van der Waals surface area contributed by atoms with Crippen molar-refractivity contribution < 1.29 is 18.7 Å². The molecule has 4 N–H and O–H groups in total. The van der Waals surface area contributed by atoms with Gasteiger partial charge in [-0.05, 0) is 37.2 Å². The van der Waals surface area contributed by atoms with E-state index in [9.17, 15) is 9.18 Å². The van der Waals surface area contributed by atoms with Gasteiger partial charge in [0.05, 0.1) is 56.5 Å². The summed E-state index contributed by atoms with van der Waals surface area (Å²) in [6.07, 6.45) is 1.69. The van der Waals surface area contributed by atoms with Gasteiger partial charge in [0, 0.05) is 17.5 Å². The number of ether oxygens (including phenoxy) is 2. The molecule has 2 heterocycles. The smallest absolute Gasteiger partial charge is 0.255 e. The first-order chi connectivity index (χ1) is 16.5. The predicted octanol–water partition coefficient (Wildman–Crippen LogP) is 3.64. The fourth-order valence-corrected chi connectivity index (χ4v) is 3.19. The number of likely N-dealkylation sites (N-methyl/N-ethyl adjacent to an activating group) is 1. The molecule has 1 aliphatic heterocycles. The van der Waals surface area contributed by atoms with E-state index in [1.807, 2.05) is 25.2 Å². The minimum atomic E-state index is -0.214. The third-order valence-electron chi connectivity index (χ3n) is 5.24. The van der Waals surface area contributed by atoms with Gasteiger partial charge < -0.3 is 20.1 Å². The average Bonchev–Trinajstić information content (AvgIpc) is 3.33. The number of nitrogens with zero attached hydrogens (tertiary/aromatic N) is 1. The van der Waals surface area contributed by atoms with Crippen LogP contribution in [0.2, 0.25) is 0 Å². The molecule has 182 valence electrons. The van der Waals surface area contributed by atoms with Crippen LogP contribution in [-0.2, 0) is 11.3 Å². The van der Waals surface area contributed by atoms with Crippen LogP contribution in [0.3, 0.4) is 0 Å². The lowest BCUT2D eigenvalue weighted by Crippen LogP contribution is -2.43. The van der Waals surface area contributed by atoms with Gasteiger partial charge in [-0.25, -0.2) is 0 Å². The van der Waals surface area contributed by atoms with E-state index in [4.69, 9.17) is 14.9 Å². The van der Waals surface area contributed by atoms with Crippen LogP contribution >= 0.6 is 0 Å². The number of H-pyrrole nitrogens is 1. The van der Waals surface area contributed by atoms with Crippen LogP contribution in [-0.4, -0.2) is 62.4 Å². The Hall–Kier alpha value is -3.56. The zero-order chi connectivity index (χ0) is 25.1. The summed E-state index contributed by atoms with van der Waals surface area (Å²) in [6, 6.07) is 11.5. The van der Waals surface area contributed by atoms with E-state index in [1.165, 1.54) is 7.11 Å². The molecule has 4 rings (SSSR count). The standard InChI is InChI=1S/C20H20N4O2.C4H9NO.CH3F/c1-12(2)18(21)14-9-8-13(19-16(14)11-23-24-19)10-22-20(25)15-6-4-5-7-17(15)26-3;1-5-4-2-6-3-4;1-2/h4-9,11,21H,1,10H2,2-3H3,(H,22,25)(H,23,24);4-5H,2-3H2,1H3;1H3. The lowest BCUT2D eigenvalue weighted by Gasteiger charge is -2.24. The number of carbonyl (C=O) groups is 1. The second kappa shape index (κ2) is 13.2. The van der Waals surface area contributed by atoms with Gasteiger partial charge in [0.25, 0.3) is 5.91 Å². The Labute approximate surface area is 199 Å². The second-order valence-corrected chi connectivity index (χ2v) is 7.49. The molecular weight excluding hydrogens is 437 g/mol. The molecule has 34 heavy (non-hydrogen) atoms. The number of aromatic nitrogens is 2. The summed E-state index contributed by atoms with van der Waals surface area (Å²) in [5.41, 5.74) is 4.00. The number of nitrogens with one attached hydrogen (secondary N) is 4. The molecule has 1 fully saturated rings. The molecule has 3 aromatic rings. The first kappa shape index (κ1) is 26.7. The fourth-order valence-electron chi connectivity index (χ4n) is 3.19. The van der Waals surface area contributed by atoms with Crippen molar-refractivity contribution in [1.82, 2.24) is 20.8 Å². The number of rotatable bonds is 7. The molecule has 0 unspecified atom stereocenters. The Morgan fingerprint density at radius 1 is 1.26 bits per heavy atom. The molecule has 8 nitrogen and oxygen atoms in total. The number of fused-ring (bicyclic) bond motifs is 1. The summed E-state index contributed by atoms with van der Waals surface area (Å²) >= 11 is 0. The van der Waals surface area contributed by atoms with E-state index >= 15 is 0 Å². The summed E-state index contributed by atoms with van der Waals surface area (Å²) in [6.45, 7) is 7.76. The maximum atomic E-state index is 12.5. The molecule has 9 heteroatoms. The van der Waals surface area contributed by atoms with Gasteiger partial charge in [0.2, 0.25) is 0 Å². The average molecular weight is 470 g/mol. The first-order valence-corrected chi connectivity index (χ1v) is 10.7. The largest absolute Gasteiger partial charge is 0.496 e. The highest BCUT2D eigenvalue weighted by atomic mass is 19.1. The maximum Gasteiger partial charge on any atom is 0.255 e. The number of hydrogen-bond donors (Lipinski definition) is 4. The van der Waals surface area contributed by atoms with Gasteiger partial charge in [-0.15, -0.1) is 0 Å². The molecule has 1 aliphatic rings. The Balaban J connectivity index is 0.000000437. The first-order valence-electron chi connectivity index (χ1n) is 10.7. The van der Waals surface area contributed by atoms with Crippen molar-refractivity contribution in [3.63, 3.8) is 0 Å². The van der Waals surface area contributed by atoms with Gasteiger partial charge in [-0.2, -0.15) is 5.10 Å². The third kappa shape index (κ3) is 6.49. The highest BCUT2D eigenvalue weighted by Crippen LogP contribution is 2.23.